The molecule has 0 atom stereocenters. The third kappa shape index (κ3) is 3.88. The smallest absolute Gasteiger partial charge is 0.297 e. The molecule has 28 heavy (non-hydrogen) atoms. The van der Waals surface area contributed by atoms with Crippen molar-refractivity contribution in [3.05, 3.63) is 71.6 Å². The van der Waals surface area contributed by atoms with Crippen LogP contribution in [0.25, 0.3) is 6.08 Å². The number of hydrogen-bond acceptors (Lipinski definition) is 4. The number of piperazine rings is 1. The fourth-order valence-corrected chi connectivity index (χ4v) is 3.63. The SMILES string of the molecule is O=C1C(=O)N(CN2CCN(C/C=C/c3ccccc3)CC2)c2ccc(F)cc21. The number of amides is 1. The lowest BCUT2D eigenvalue weighted by Gasteiger charge is -2.36. The van der Waals surface area contributed by atoms with Crippen LogP contribution in [0, 0.1) is 5.82 Å². The fraction of sp³-hybridized carbons (Fsp3) is 0.273. The Balaban J connectivity index is 1.31. The number of anilines is 1. The molecule has 0 aliphatic carbocycles. The summed E-state index contributed by atoms with van der Waals surface area (Å²) >= 11 is 0. The number of hydrogen-bond donors (Lipinski definition) is 0. The van der Waals surface area contributed by atoms with E-state index < -0.39 is 17.5 Å². The molecule has 0 N–H and O–H groups in total. The molecule has 2 aliphatic rings. The van der Waals surface area contributed by atoms with Crippen molar-refractivity contribution >= 4 is 23.5 Å². The minimum absolute atomic E-state index is 0.162. The molecule has 1 saturated heterocycles. The van der Waals surface area contributed by atoms with Crippen molar-refractivity contribution in [1.29, 1.82) is 0 Å². The Hall–Kier alpha value is -2.83. The highest BCUT2D eigenvalue weighted by molar-refractivity contribution is 6.52. The second kappa shape index (κ2) is 8.04. The molecule has 2 aromatic rings. The van der Waals surface area contributed by atoms with E-state index in [9.17, 15) is 14.0 Å². The lowest BCUT2D eigenvalue weighted by Crippen LogP contribution is -2.50. The Bertz CT molecular complexity index is 905. The third-order valence-electron chi connectivity index (χ3n) is 5.21. The minimum Gasteiger partial charge on any atom is -0.297 e. The van der Waals surface area contributed by atoms with Gasteiger partial charge in [-0.3, -0.25) is 24.3 Å². The summed E-state index contributed by atoms with van der Waals surface area (Å²) in [6.45, 7) is 4.65. The Morgan fingerprint density at radius 2 is 1.64 bits per heavy atom. The second-order valence-electron chi connectivity index (χ2n) is 7.10. The third-order valence-corrected chi connectivity index (χ3v) is 5.21. The molecule has 1 fully saturated rings. The number of Topliss-reactive ketones (excluding diaryl/α,β-unsaturated/α-hetero) is 1. The summed E-state index contributed by atoms with van der Waals surface area (Å²) in [5, 5.41) is 0. The maximum atomic E-state index is 13.4. The Labute approximate surface area is 163 Å². The van der Waals surface area contributed by atoms with Gasteiger partial charge in [0.05, 0.1) is 17.9 Å². The standard InChI is InChI=1S/C22H22FN3O2/c23-18-8-9-20-19(15-18)21(27)22(28)26(20)16-25-13-11-24(12-14-25)10-4-7-17-5-2-1-3-6-17/h1-9,15H,10-14,16H2/b7-4+. The Kier molecular flexibility index (Phi) is 5.32. The molecule has 0 saturated carbocycles. The molecule has 2 heterocycles. The molecule has 5 nitrogen and oxygen atoms in total. The number of rotatable bonds is 5. The molecule has 1 amide bonds. The summed E-state index contributed by atoms with van der Waals surface area (Å²) in [5.74, 6) is -1.70. The molecule has 6 heteroatoms. The molecule has 0 radical (unpaired) electrons. The molecular weight excluding hydrogens is 357 g/mol. The number of ketones is 1. The maximum Gasteiger partial charge on any atom is 0.300 e. The first-order chi connectivity index (χ1) is 13.6. The summed E-state index contributed by atoms with van der Waals surface area (Å²) in [6.07, 6.45) is 4.29. The van der Waals surface area contributed by atoms with E-state index in [1.807, 2.05) is 18.2 Å². The lowest BCUT2D eigenvalue weighted by atomic mass is 10.1. The number of fused-ring (bicyclic) bond motifs is 1. The van der Waals surface area contributed by atoms with E-state index in [0.717, 1.165) is 38.8 Å². The van der Waals surface area contributed by atoms with Gasteiger partial charge < -0.3 is 0 Å². The van der Waals surface area contributed by atoms with E-state index in [0.29, 0.717) is 12.4 Å². The first-order valence-electron chi connectivity index (χ1n) is 9.44. The minimum atomic E-state index is -0.626. The van der Waals surface area contributed by atoms with Crippen molar-refractivity contribution < 1.29 is 14.0 Å². The summed E-state index contributed by atoms with van der Waals surface area (Å²) in [6, 6.07) is 14.1. The summed E-state index contributed by atoms with van der Waals surface area (Å²) in [5.41, 5.74) is 1.85. The highest BCUT2D eigenvalue weighted by Gasteiger charge is 2.37. The van der Waals surface area contributed by atoms with Crippen molar-refractivity contribution in [3.63, 3.8) is 0 Å². The van der Waals surface area contributed by atoms with E-state index in [4.69, 9.17) is 0 Å². The van der Waals surface area contributed by atoms with E-state index in [-0.39, 0.29) is 5.56 Å². The predicted molar refractivity (Wildman–Crippen MR) is 107 cm³/mol. The van der Waals surface area contributed by atoms with Gasteiger partial charge in [0, 0.05) is 32.7 Å². The number of carbonyl (C=O) groups excluding carboxylic acids is 2. The molecule has 0 aromatic heterocycles. The van der Waals surface area contributed by atoms with Crippen LogP contribution in [-0.4, -0.2) is 60.9 Å². The number of nitrogens with zero attached hydrogens (tertiary/aromatic N) is 3. The normalized spacial score (nSPS) is 18.2. The number of halogens is 1. The zero-order valence-electron chi connectivity index (χ0n) is 15.6. The molecule has 2 aliphatic heterocycles. The average Bonchev–Trinajstić information content (AvgIpc) is 2.94. The summed E-state index contributed by atoms with van der Waals surface area (Å²) in [4.78, 5) is 30.4. The van der Waals surface area contributed by atoms with Crippen LogP contribution in [-0.2, 0) is 4.79 Å². The van der Waals surface area contributed by atoms with Gasteiger partial charge in [0.2, 0.25) is 0 Å². The fourth-order valence-electron chi connectivity index (χ4n) is 3.63. The van der Waals surface area contributed by atoms with Crippen molar-refractivity contribution in [2.75, 3.05) is 44.3 Å². The van der Waals surface area contributed by atoms with Gasteiger partial charge in [0.15, 0.2) is 0 Å². The van der Waals surface area contributed by atoms with Crippen molar-refractivity contribution in [3.8, 4) is 0 Å². The van der Waals surface area contributed by atoms with Gasteiger partial charge in [-0.25, -0.2) is 4.39 Å². The molecule has 144 valence electrons. The van der Waals surface area contributed by atoms with Crippen LogP contribution in [0.15, 0.2) is 54.6 Å². The number of carbonyl (C=O) groups is 2. The molecule has 0 unspecified atom stereocenters. The first-order valence-corrected chi connectivity index (χ1v) is 9.44. The van der Waals surface area contributed by atoms with Gasteiger partial charge in [-0.1, -0.05) is 42.5 Å². The molecule has 0 bridgehead atoms. The zero-order chi connectivity index (χ0) is 19.5. The molecule has 4 rings (SSSR count). The van der Waals surface area contributed by atoms with Crippen LogP contribution in [0.3, 0.4) is 0 Å². The molecular formula is C22H22FN3O2. The molecule has 0 spiro atoms. The summed E-state index contributed by atoms with van der Waals surface area (Å²) in [7, 11) is 0. The second-order valence-corrected chi connectivity index (χ2v) is 7.10. The van der Waals surface area contributed by atoms with Crippen molar-refractivity contribution in [2.24, 2.45) is 0 Å². The Morgan fingerprint density at radius 1 is 0.929 bits per heavy atom. The van der Waals surface area contributed by atoms with E-state index >= 15 is 0 Å². The predicted octanol–water partition coefficient (Wildman–Crippen LogP) is 2.64. The van der Waals surface area contributed by atoms with E-state index in [2.05, 4.69) is 34.1 Å². The zero-order valence-corrected chi connectivity index (χ0v) is 15.6. The monoisotopic (exact) mass is 379 g/mol. The highest BCUT2D eigenvalue weighted by atomic mass is 19.1. The van der Waals surface area contributed by atoms with Crippen LogP contribution >= 0.6 is 0 Å². The van der Waals surface area contributed by atoms with Crippen LogP contribution in [0.5, 0.6) is 0 Å². The number of benzene rings is 2. The topological polar surface area (TPSA) is 43.9 Å². The highest BCUT2D eigenvalue weighted by Crippen LogP contribution is 2.29. The van der Waals surface area contributed by atoms with Gasteiger partial charge >= 0.3 is 5.91 Å². The largest absolute Gasteiger partial charge is 0.300 e. The van der Waals surface area contributed by atoms with Gasteiger partial charge in [-0.2, -0.15) is 0 Å². The lowest BCUT2D eigenvalue weighted by molar-refractivity contribution is -0.114. The van der Waals surface area contributed by atoms with Crippen molar-refractivity contribution in [2.45, 2.75) is 0 Å². The van der Waals surface area contributed by atoms with Crippen LogP contribution in [0.1, 0.15) is 15.9 Å². The van der Waals surface area contributed by atoms with Crippen LogP contribution < -0.4 is 4.90 Å². The van der Waals surface area contributed by atoms with Gasteiger partial charge in [0.25, 0.3) is 5.78 Å². The van der Waals surface area contributed by atoms with Crippen LogP contribution in [0.2, 0.25) is 0 Å². The van der Waals surface area contributed by atoms with Crippen LogP contribution in [0.4, 0.5) is 10.1 Å². The maximum absolute atomic E-state index is 13.4. The van der Waals surface area contributed by atoms with Gasteiger partial charge in [0.1, 0.15) is 5.82 Å². The van der Waals surface area contributed by atoms with E-state index in [1.54, 1.807) is 0 Å². The first kappa shape index (κ1) is 18.5. The summed E-state index contributed by atoms with van der Waals surface area (Å²) < 4.78 is 13.4. The average molecular weight is 379 g/mol. The van der Waals surface area contributed by atoms with E-state index in [1.165, 1.54) is 22.6 Å². The Morgan fingerprint density at radius 3 is 2.39 bits per heavy atom. The van der Waals surface area contributed by atoms with Gasteiger partial charge in [-0.15, -0.1) is 0 Å². The quantitative estimate of drug-likeness (QED) is 0.750. The van der Waals surface area contributed by atoms with Crippen molar-refractivity contribution in [1.82, 2.24) is 9.80 Å². The molecule has 2 aromatic carbocycles. The van der Waals surface area contributed by atoms with Gasteiger partial charge in [-0.05, 0) is 23.8 Å².